The third-order valence-electron chi connectivity index (χ3n) is 6.44. The van der Waals surface area contributed by atoms with Crippen LogP contribution in [-0.2, 0) is 11.2 Å². The van der Waals surface area contributed by atoms with Gasteiger partial charge in [0.05, 0.1) is 11.6 Å². The third-order valence-corrected chi connectivity index (χ3v) is 6.44. The minimum Gasteiger partial charge on any atom is -0.355 e. The van der Waals surface area contributed by atoms with E-state index in [0.717, 1.165) is 75.5 Å². The van der Waals surface area contributed by atoms with Crippen LogP contribution in [0, 0.1) is 11.3 Å². The number of likely N-dealkylation sites (tertiary alicyclic amines) is 1. The van der Waals surface area contributed by atoms with Crippen LogP contribution in [0.4, 0.5) is 17.5 Å². The number of nitriles is 1. The number of nitrogens with one attached hydrogen (secondary N) is 2. The van der Waals surface area contributed by atoms with Crippen molar-refractivity contribution in [3.05, 3.63) is 41.6 Å². The summed E-state index contributed by atoms with van der Waals surface area (Å²) in [4.78, 5) is 25.3. The first-order valence-corrected chi connectivity index (χ1v) is 12.0. The zero-order valence-corrected chi connectivity index (χ0v) is 19.5. The molecule has 2 aliphatic rings. The molecule has 1 amide bonds. The molecule has 0 bridgehead atoms. The van der Waals surface area contributed by atoms with E-state index in [9.17, 15) is 10.1 Å². The number of anilines is 3. The maximum absolute atomic E-state index is 11.6. The van der Waals surface area contributed by atoms with Gasteiger partial charge in [-0.3, -0.25) is 4.79 Å². The Morgan fingerprint density at radius 1 is 1.15 bits per heavy atom. The summed E-state index contributed by atoms with van der Waals surface area (Å²) in [7, 11) is 0. The molecule has 0 aliphatic carbocycles. The summed E-state index contributed by atoms with van der Waals surface area (Å²) < 4.78 is 0. The van der Waals surface area contributed by atoms with Crippen LogP contribution in [0.15, 0.2) is 30.3 Å². The van der Waals surface area contributed by atoms with Crippen LogP contribution in [0.2, 0.25) is 0 Å². The minimum absolute atomic E-state index is 0.177. The molecule has 2 saturated heterocycles. The minimum atomic E-state index is 0.177. The van der Waals surface area contributed by atoms with Crippen molar-refractivity contribution >= 4 is 23.4 Å². The van der Waals surface area contributed by atoms with Gasteiger partial charge in [-0.25, -0.2) is 4.98 Å². The smallest absolute Gasteiger partial charge is 0.229 e. The van der Waals surface area contributed by atoms with Crippen molar-refractivity contribution in [2.24, 2.45) is 0 Å². The second kappa shape index (κ2) is 10.6. The Hall–Kier alpha value is -3.18. The lowest BCUT2D eigenvalue weighted by atomic mass is 10.0. The Kier molecular flexibility index (Phi) is 7.40. The lowest BCUT2D eigenvalue weighted by Gasteiger charge is -2.33. The molecular formula is C25H33N7O. The average molecular weight is 448 g/mol. The summed E-state index contributed by atoms with van der Waals surface area (Å²) >= 11 is 0. The number of carbonyl (C=O) groups is 1. The maximum atomic E-state index is 11.6. The largest absolute Gasteiger partial charge is 0.355 e. The van der Waals surface area contributed by atoms with Crippen LogP contribution in [0.3, 0.4) is 0 Å². The summed E-state index contributed by atoms with van der Waals surface area (Å²) in [6.45, 7) is 7.36. The normalized spacial score (nSPS) is 18.9. The van der Waals surface area contributed by atoms with Crippen molar-refractivity contribution in [3.63, 3.8) is 0 Å². The van der Waals surface area contributed by atoms with Gasteiger partial charge in [0.2, 0.25) is 11.9 Å². The Labute approximate surface area is 196 Å². The second-order valence-corrected chi connectivity index (χ2v) is 8.99. The monoisotopic (exact) mass is 447 g/mol. The van der Waals surface area contributed by atoms with Gasteiger partial charge in [-0.05, 0) is 43.9 Å². The van der Waals surface area contributed by atoms with Gasteiger partial charge in [-0.1, -0.05) is 19.4 Å². The van der Waals surface area contributed by atoms with Crippen molar-refractivity contribution in [2.45, 2.75) is 58.0 Å². The molecule has 0 radical (unpaired) electrons. The predicted molar refractivity (Wildman–Crippen MR) is 129 cm³/mol. The van der Waals surface area contributed by atoms with Crippen molar-refractivity contribution < 1.29 is 4.79 Å². The fraction of sp³-hybridized carbons (Fsp3) is 0.520. The van der Waals surface area contributed by atoms with Gasteiger partial charge in [0.1, 0.15) is 5.82 Å². The fourth-order valence-electron chi connectivity index (χ4n) is 4.68. The summed E-state index contributed by atoms with van der Waals surface area (Å²) in [6.07, 6.45) is 5.02. The van der Waals surface area contributed by atoms with Crippen molar-refractivity contribution in [2.75, 3.05) is 36.4 Å². The number of benzene rings is 1. The van der Waals surface area contributed by atoms with Crippen molar-refractivity contribution in [3.8, 4) is 6.07 Å². The predicted octanol–water partition coefficient (Wildman–Crippen LogP) is 3.22. The van der Waals surface area contributed by atoms with Gasteiger partial charge in [-0.15, -0.1) is 0 Å². The first-order chi connectivity index (χ1) is 16.0. The number of hydrogen-bond donors (Lipinski definition) is 2. The molecule has 2 N–H and O–H groups in total. The number of rotatable bonds is 7. The van der Waals surface area contributed by atoms with Crippen LogP contribution in [0.25, 0.3) is 0 Å². The Morgan fingerprint density at radius 3 is 2.67 bits per heavy atom. The highest BCUT2D eigenvalue weighted by atomic mass is 16.2. The van der Waals surface area contributed by atoms with Gasteiger partial charge in [0.15, 0.2) is 0 Å². The van der Waals surface area contributed by atoms with E-state index in [1.807, 2.05) is 23.1 Å². The molecule has 2 fully saturated rings. The molecule has 1 aromatic heterocycles. The molecule has 2 aliphatic heterocycles. The maximum Gasteiger partial charge on any atom is 0.229 e. The van der Waals surface area contributed by atoms with Gasteiger partial charge in [-0.2, -0.15) is 10.2 Å². The number of hydrogen-bond acceptors (Lipinski definition) is 7. The molecular weight excluding hydrogens is 414 g/mol. The van der Waals surface area contributed by atoms with E-state index in [2.05, 4.69) is 34.6 Å². The molecule has 0 unspecified atom stereocenters. The number of aryl methyl sites for hydroxylation is 1. The second-order valence-electron chi connectivity index (χ2n) is 8.99. The number of nitrogens with zero attached hydrogens (tertiary/aromatic N) is 5. The molecule has 4 rings (SSSR count). The summed E-state index contributed by atoms with van der Waals surface area (Å²) in [5.74, 6) is 1.69. The van der Waals surface area contributed by atoms with Gasteiger partial charge in [0, 0.05) is 62.6 Å². The zero-order valence-electron chi connectivity index (χ0n) is 19.5. The molecule has 33 heavy (non-hydrogen) atoms. The van der Waals surface area contributed by atoms with E-state index in [1.165, 1.54) is 0 Å². The fourth-order valence-corrected chi connectivity index (χ4v) is 4.68. The highest BCUT2D eigenvalue weighted by Gasteiger charge is 2.28. The summed E-state index contributed by atoms with van der Waals surface area (Å²) in [6, 6.07) is 12.5. The highest BCUT2D eigenvalue weighted by molar-refractivity contribution is 5.73. The number of amides is 1. The molecule has 0 saturated carbocycles. The molecule has 1 atom stereocenters. The molecule has 174 valence electrons. The van der Waals surface area contributed by atoms with Crippen LogP contribution < -0.4 is 15.5 Å². The lowest BCUT2D eigenvalue weighted by Crippen LogP contribution is -2.48. The Morgan fingerprint density at radius 2 is 1.94 bits per heavy atom. The molecule has 1 aromatic carbocycles. The third kappa shape index (κ3) is 5.99. The Bertz CT molecular complexity index is 1010. The molecule has 8 heteroatoms. The average Bonchev–Trinajstić information content (AvgIpc) is 3.28. The summed E-state index contributed by atoms with van der Waals surface area (Å²) in [5, 5.41) is 16.3. The van der Waals surface area contributed by atoms with E-state index in [4.69, 9.17) is 9.97 Å². The number of aromatic nitrogens is 2. The van der Waals surface area contributed by atoms with Gasteiger partial charge >= 0.3 is 0 Å². The Balaban J connectivity index is 1.41. The van der Waals surface area contributed by atoms with Gasteiger partial charge < -0.3 is 20.4 Å². The van der Waals surface area contributed by atoms with Gasteiger partial charge in [0.25, 0.3) is 0 Å². The summed E-state index contributed by atoms with van der Waals surface area (Å²) in [5.41, 5.74) is 2.44. The van der Waals surface area contributed by atoms with E-state index in [1.54, 1.807) is 13.0 Å². The SMILES string of the molecule is CCCc1cc(N2CC[C@H](NC3CCN(C(C)=O)CC3)C2)nc(Nc2cccc(C#N)c2)n1. The number of piperidine rings is 1. The van der Waals surface area contributed by atoms with Crippen LogP contribution >= 0.6 is 0 Å². The first-order valence-electron chi connectivity index (χ1n) is 12.0. The first kappa shape index (κ1) is 23.0. The van der Waals surface area contributed by atoms with E-state index in [-0.39, 0.29) is 5.91 Å². The zero-order chi connectivity index (χ0) is 23.2. The van der Waals surface area contributed by atoms with Crippen LogP contribution in [0.5, 0.6) is 0 Å². The number of carbonyl (C=O) groups excluding carboxylic acids is 1. The lowest BCUT2D eigenvalue weighted by molar-refractivity contribution is -0.129. The molecule has 2 aromatic rings. The van der Waals surface area contributed by atoms with Crippen molar-refractivity contribution in [1.29, 1.82) is 5.26 Å². The molecule has 3 heterocycles. The topological polar surface area (TPSA) is 97.2 Å². The van der Waals surface area contributed by atoms with Crippen molar-refractivity contribution in [1.82, 2.24) is 20.2 Å². The van der Waals surface area contributed by atoms with Crippen LogP contribution in [0.1, 0.15) is 50.8 Å². The van der Waals surface area contributed by atoms with E-state index in [0.29, 0.717) is 23.6 Å². The van der Waals surface area contributed by atoms with E-state index >= 15 is 0 Å². The quantitative estimate of drug-likeness (QED) is 0.673. The van der Waals surface area contributed by atoms with Crippen LogP contribution in [-0.4, -0.2) is 59.0 Å². The van der Waals surface area contributed by atoms with E-state index < -0.39 is 0 Å². The highest BCUT2D eigenvalue weighted by Crippen LogP contribution is 2.24. The molecule has 8 nitrogen and oxygen atoms in total. The molecule has 0 spiro atoms. The standard InChI is InChI=1S/C25H33N7O/c1-3-5-21-15-24(30-25(28-21)29-22-7-4-6-19(14-22)16-26)32-13-10-23(17-32)27-20-8-11-31(12-9-20)18(2)33/h4,6-7,14-15,20,23,27H,3,5,8-13,17H2,1-2H3,(H,28,29,30)/t23-/m0/s1.